The van der Waals surface area contributed by atoms with E-state index < -0.39 is 0 Å². The zero-order valence-corrected chi connectivity index (χ0v) is 13.8. The van der Waals surface area contributed by atoms with Crippen LogP contribution in [0.2, 0.25) is 0 Å². The van der Waals surface area contributed by atoms with E-state index in [9.17, 15) is 0 Å². The topological polar surface area (TPSA) is 65.7 Å². The van der Waals surface area contributed by atoms with Crippen LogP contribution in [0.1, 0.15) is 45.2 Å². The van der Waals surface area contributed by atoms with E-state index >= 15 is 0 Å². The quantitative estimate of drug-likeness (QED) is 0.596. The molecule has 1 fully saturated rings. The lowest BCUT2D eigenvalue weighted by Crippen LogP contribution is -2.48. The Morgan fingerprint density at radius 2 is 2.23 bits per heavy atom. The number of aromatic nitrogens is 1. The third-order valence-electron chi connectivity index (χ3n) is 3.99. The van der Waals surface area contributed by atoms with Gasteiger partial charge in [-0.3, -0.25) is 0 Å². The van der Waals surface area contributed by atoms with E-state index in [0.29, 0.717) is 12.6 Å². The maximum Gasteiger partial charge on any atom is 0.191 e. The normalized spacial score (nSPS) is 17.6. The standard InChI is InChI=1S/C16H29N5O/c1-3-5-9-21-10-6-14(7-11-21)19-16(17-4-2)18-13-15-8-12-22-20-15/h8,12,14H,3-7,9-11,13H2,1-2H3,(H2,17,18,19). The van der Waals surface area contributed by atoms with Crippen LogP contribution in [0.3, 0.4) is 0 Å². The third kappa shape index (κ3) is 5.67. The molecular formula is C16H29N5O. The Morgan fingerprint density at radius 1 is 1.41 bits per heavy atom. The van der Waals surface area contributed by atoms with Gasteiger partial charge in [-0.25, -0.2) is 4.99 Å². The molecule has 1 aromatic rings. The Morgan fingerprint density at radius 3 is 2.86 bits per heavy atom. The van der Waals surface area contributed by atoms with Gasteiger partial charge in [0.1, 0.15) is 12.0 Å². The Bertz CT molecular complexity index is 424. The molecule has 2 rings (SSSR count). The van der Waals surface area contributed by atoms with Crippen LogP contribution in [-0.4, -0.2) is 48.2 Å². The predicted molar refractivity (Wildman–Crippen MR) is 88.8 cm³/mol. The van der Waals surface area contributed by atoms with Crippen molar-refractivity contribution >= 4 is 5.96 Å². The molecule has 1 aromatic heterocycles. The molecule has 6 heteroatoms. The third-order valence-corrected chi connectivity index (χ3v) is 3.99. The molecule has 1 saturated heterocycles. The highest BCUT2D eigenvalue weighted by molar-refractivity contribution is 5.80. The average Bonchev–Trinajstić information content (AvgIpc) is 3.05. The van der Waals surface area contributed by atoms with Crippen molar-refractivity contribution in [3.8, 4) is 0 Å². The molecule has 1 aliphatic rings. The Balaban J connectivity index is 1.77. The second kappa shape index (κ2) is 9.46. The van der Waals surface area contributed by atoms with E-state index in [1.54, 1.807) is 6.26 Å². The fourth-order valence-corrected chi connectivity index (χ4v) is 2.68. The zero-order chi connectivity index (χ0) is 15.6. The van der Waals surface area contributed by atoms with Gasteiger partial charge in [0, 0.05) is 31.7 Å². The maximum absolute atomic E-state index is 4.84. The second-order valence-electron chi connectivity index (χ2n) is 5.80. The Kier molecular flexibility index (Phi) is 7.22. The molecule has 0 radical (unpaired) electrons. The van der Waals surface area contributed by atoms with Gasteiger partial charge in [-0.15, -0.1) is 0 Å². The highest BCUT2D eigenvalue weighted by atomic mass is 16.5. The van der Waals surface area contributed by atoms with E-state index in [-0.39, 0.29) is 0 Å². The minimum atomic E-state index is 0.507. The summed E-state index contributed by atoms with van der Waals surface area (Å²) in [6, 6.07) is 2.35. The van der Waals surface area contributed by atoms with Crippen molar-refractivity contribution in [2.24, 2.45) is 4.99 Å². The van der Waals surface area contributed by atoms with Crippen LogP contribution in [0.25, 0.3) is 0 Å². The molecule has 22 heavy (non-hydrogen) atoms. The number of rotatable bonds is 7. The number of guanidine groups is 1. The molecule has 2 N–H and O–H groups in total. The molecule has 0 aliphatic carbocycles. The van der Waals surface area contributed by atoms with E-state index in [2.05, 4.69) is 39.5 Å². The minimum absolute atomic E-state index is 0.507. The van der Waals surface area contributed by atoms with E-state index in [4.69, 9.17) is 4.52 Å². The summed E-state index contributed by atoms with van der Waals surface area (Å²) in [6.07, 6.45) is 6.52. The molecule has 0 spiro atoms. The molecule has 1 aliphatic heterocycles. The maximum atomic E-state index is 4.84. The van der Waals surface area contributed by atoms with Crippen LogP contribution in [0, 0.1) is 0 Å². The summed E-state index contributed by atoms with van der Waals surface area (Å²) in [5.74, 6) is 0.873. The van der Waals surface area contributed by atoms with Crippen LogP contribution in [-0.2, 0) is 6.54 Å². The first kappa shape index (κ1) is 16.8. The number of likely N-dealkylation sites (tertiary alicyclic amines) is 1. The number of aliphatic imine (C=N–C) groups is 1. The molecule has 2 heterocycles. The summed E-state index contributed by atoms with van der Waals surface area (Å²) in [5.41, 5.74) is 0.853. The van der Waals surface area contributed by atoms with Gasteiger partial charge < -0.3 is 20.1 Å². The van der Waals surface area contributed by atoms with Crippen LogP contribution < -0.4 is 10.6 Å². The smallest absolute Gasteiger partial charge is 0.191 e. The molecular weight excluding hydrogens is 278 g/mol. The number of hydrogen-bond donors (Lipinski definition) is 2. The van der Waals surface area contributed by atoms with E-state index in [1.807, 2.05) is 6.07 Å². The summed E-state index contributed by atoms with van der Waals surface area (Å²) >= 11 is 0. The van der Waals surface area contributed by atoms with Gasteiger partial charge >= 0.3 is 0 Å². The molecule has 6 nitrogen and oxygen atoms in total. The highest BCUT2D eigenvalue weighted by Gasteiger charge is 2.19. The van der Waals surface area contributed by atoms with E-state index in [1.165, 1.54) is 45.3 Å². The van der Waals surface area contributed by atoms with Crippen molar-refractivity contribution in [3.05, 3.63) is 18.0 Å². The lowest BCUT2D eigenvalue weighted by molar-refractivity contribution is 0.203. The SMILES string of the molecule is CCCCN1CCC(NC(=NCc2ccon2)NCC)CC1. The average molecular weight is 307 g/mol. The number of unbranched alkanes of at least 4 members (excludes halogenated alkanes) is 1. The molecule has 0 atom stereocenters. The van der Waals surface area contributed by atoms with Crippen LogP contribution in [0.15, 0.2) is 21.8 Å². The van der Waals surface area contributed by atoms with Crippen molar-refractivity contribution in [1.82, 2.24) is 20.7 Å². The monoisotopic (exact) mass is 307 g/mol. The molecule has 0 saturated carbocycles. The molecule has 0 aromatic carbocycles. The largest absolute Gasteiger partial charge is 0.364 e. The van der Waals surface area contributed by atoms with Gasteiger partial charge in [-0.1, -0.05) is 18.5 Å². The highest BCUT2D eigenvalue weighted by Crippen LogP contribution is 2.11. The van der Waals surface area contributed by atoms with Gasteiger partial charge in [-0.2, -0.15) is 0 Å². The predicted octanol–water partition coefficient (Wildman–Crippen LogP) is 1.99. The van der Waals surface area contributed by atoms with Crippen LogP contribution >= 0.6 is 0 Å². The summed E-state index contributed by atoms with van der Waals surface area (Å²) in [7, 11) is 0. The molecule has 124 valence electrons. The van der Waals surface area contributed by atoms with Crippen molar-refractivity contribution in [2.45, 2.75) is 52.1 Å². The first-order chi connectivity index (χ1) is 10.8. The van der Waals surface area contributed by atoms with Crippen molar-refractivity contribution in [2.75, 3.05) is 26.2 Å². The first-order valence-corrected chi connectivity index (χ1v) is 8.48. The van der Waals surface area contributed by atoms with E-state index in [0.717, 1.165) is 18.2 Å². The summed E-state index contributed by atoms with van der Waals surface area (Å²) < 4.78 is 4.84. The number of hydrogen-bond acceptors (Lipinski definition) is 4. The summed E-state index contributed by atoms with van der Waals surface area (Å²) in [4.78, 5) is 7.15. The Labute approximate surface area is 133 Å². The van der Waals surface area contributed by atoms with Crippen molar-refractivity contribution < 1.29 is 4.52 Å². The lowest BCUT2D eigenvalue weighted by Gasteiger charge is -2.33. The number of nitrogens with zero attached hydrogens (tertiary/aromatic N) is 3. The lowest BCUT2D eigenvalue weighted by atomic mass is 10.0. The fraction of sp³-hybridized carbons (Fsp3) is 0.750. The molecule has 0 bridgehead atoms. The van der Waals surface area contributed by atoms with Gasteiger partial charge in [0.25, 0.3) is 0 Å². The van der Waals surface area contributed by atoms with Crippen LogP contribution in [0.5, 0.6) is 0 Å². The number of piperidine rings is 1. The summed E-state index contributed by atoms with van der Waals surface area (Å²) in [5, 5.41) is 10.7. The number of nitrogens with one attached hydrogen (secondary N) is 2. The Hall–Kier alpha value is -1.56. The second-order valence-corrected chi connectivity index (χ2v) is 5.80. The molecule has 0 unspecified atom stereocenters. The van der Waals surface area contributed by atoms with Gasteiger partial charge in [-0.05, 0) is 32.7 Å². The van der Waals surface area contributed by atoms with Crippen molar-refractivity contribution in [3.63, 3.8) is 0 Å². The van der Waals surface area contributed by atoms with Gasteiger partial charge in [0.15, 0.2) is 5.96 Å². The van der Waals surface area contributed by atoms with Gasteiger partial charge in [0.2, 0.25) is 0 Å². The first-order valence-electron chi connectivity index (χ1n) is 8.48. The van der Waals surface area contributed by atoms with Crippen LogP contribution in [0.4, 0.5) is 0 Å². The fourth-order valence-electron chi connectivity index (χ4n) is 2.68. The zero-order valence-electron chi connectivity index (χ0n) is 13.8. The van der Waals surface area contributed by atoms with Gasteiger partial charge in [0.05, 0.1) is 6.54 Å². The summed E-state index contributed by atoms with van der Waals surface area (Å²) in [6.45, 7) is 9.34. The van der Waals surface area contributed by atoms with Crippen molar-refractivity contribution in [1.29, 1.82) is 0 Å². The molecule has 0 amide bonds. The minimum Gasteiger partial charge on any atom is -0.364 e.